The highest BCUT2D eigenvalue weighted by atomic mass is 16.1. The van der Waals surface area contributed by atoms with E-state index >= 15 is 0 Å². The maximum Gasteiger partial charge on any atom is 0.287 e. The lowest BCUT2D eigenvalue weighted by Crippen LogP contribution is -2.24. The number of benzene rings is 1. The molecule has 4 heteroatoms. The molecular formula is C11H11N3O. The maximum atomic E-state index is 11.4. The van der Waals surface area contributed by atoms with Crippen LogP contribution in [0.2, 0.25) is 0 Å². The third kappa shape index (κ3) is 1.79. The average molecular weight is 201 g/mol. The van der Waals surface area contributed by atoms with Crippen LogP contribution >= 0.6 is 0 Å². The SMILES string of the molecule is Cc1nc(-c2ccccc2)nn(C)c1=O. The Morgan fingerprint density at radius 2 is 1.87 bits per heavy atom. The van der Waals surface area contributed by atoms with Crippen molar-refractivity contribution in [3.05, 3.63) is 46.4 Å². The first-order valence-corrected chi connectivity index (χ1v) is 4.66. The molecule has 0 radical (unpaired) electrons. The summed E-state index contributed by atoms with van der Waals surface area (Å²) in [5, 5.41) is 4.10. The van der Waals surface area contributed by atoms with E-state index in [9.17, 15) is 4.79 Å². The first-order chi connectivity index (χ1) is 7.18. The topological polar surface area (TPSA) is 47.8 Å². The second-order valence-corrected chi connectivity index (χ2v) is 3.32. The molecular weight excluding hydrogens is 190 g/mol. The summed E-state index contributed by atoms with van der Waals surface area (Å²) in [6.07, 6.45) is 0. The van der Waals surface area contributed by atoms with Crippen molar-refractivity contribution in [2.45, 2.75) is 6.92 Å². The van der Waals surface area contributed by atoms with Crippen molar-refractivity contribution in [3.63, 3.8) is 0 Å². The van der Waals surface area contributed by atoms with Crippen molar-refractivity contribution in [2.24, 2.45) is 7.05 Å². The summed E-state index contributed by atoms with van der Waals surface area (Å²) < 4.78 is 1.31. The number of hydrogen-bond donors (Lipinski definition) is 0. The van der Waals surface area contributed by atoms with E-state index in [1.807, 2.05) is 30.3 Å². The van der Waals surface area contributed by atoms with E-state index < -0.39 is 0 Å². The lowest BCUT2D eigenvalue weighted by atomic mass is 10.2. The van der Waals surface area contributed by atoms with Gasteiger partial charge in [0.05, 0.1) is 0 Å². The minimum Gasteiger partial charge on any atom is -0.266 e. The Bertz CT molecular complexity index is 505. The van der Waals surface area contributed by atoms with Gasteiger partial charge in [-0.3, -0.25) is 4.79 Å². The zero-order chi connectivity index (χ0) is 10.8. The number of aryl methyl sites for hydroxylation is 2. The zero-order valence-corrected chi connectivity index (χ0v) is 8.64. The summed E-state index contributed by atoms with van der Waals surface area (Å²) in [5.41, 5.74) is 1.22. The normalized spacial score (nSPS) is 10.3. The highest BCUT2D eigenvalue weighted by Crippen LogP contribution is 2.11. The Labute approximate surface area is 87.2 Å². The molecule has 0 saturated heterocycles. The standard InChI is InChI=1S/C11H11N3O/c1-8-11(15)14(2)13-10(12-8)9-6-4-3-5-7-9/h3-7H,1-2H3. The van der Waals surface area contributed by atoms with Crippen molar-refractivity contribution >= 4 is 0 Å². The van der Waals surface area contributed by atoms with E-state index in [0.717, 1.165) is 5.56 Å². The van der Waals surface area contributed by atoms with Crippen molar-refractivity contribution in [1.82, 2.24) is 14.8 Å². The molecule has 0 atom stereocenters. The summed E-state index contributed by atoms with van der Waals surface area (Å²) in [6.45, 7) is 1.69. The second kappa shape index (κ2) is 3.65. The lowest BCUT2D eigenvalue weighted by molar-refractivity contribution is 0.684. The number of hydrogen-bond acceptors (Lipinski definition) is 3. The van der Waals surface area contributed by atoms with Crippen LogP contribution in [-0.4, -0.2) is 14.8 Å². The molecule has 0 unspecified atom stereocenters. The maximum absolute atomic E-state index is 11.4. The fourth-order valence-electron chi connectivity index (χ4n) is 1.36. The van der Waals surface area contributed by atoms with Crippen LogP contribution in [0.25, 0.3) is 11.4 Å². The van der Waals surface area contributed by atoms with Gasteiger partial charge in [0.25, 0.3) is 5.56 Å². The van der Waals surface area contributed by atoms with Crippen molar-refractivity contribution in [1.29, 1.82) is 0 Å². The lowest BCUT2D eigenvalue weighted by Gasteiger charge is -2.03. The van der Waals surface area contributed by atoms with Crippen LogP contribution in [0.3, 0.4) is 0 Å². The van der Waals surface area contributed by atoms with Crippen LogP contribution in [0.4, 0.5) is 0 Å². The summed E-state index contributed by atoms with van der Waals surface area (Å²) in [4.78, 5) is 15.5. The summed E-state index contributed by atoms with van der Waals surface area (Å²) in [7, 11) is 1.63. The molecule has 1 aromatic heterocycles. The fourth-order valence-corrected chi connectivity index (χ4v) is 1.36. The van der Waals surface area contributed by atoms with Gasteiger partial charge in [-0.25, -0.2) is 9.67 Å². The van der Waals surface area contributed by atoms with Gasteiger partial charge in [-0.15, -0.1) is 5.10 Å². The number of nitrogens with zero attached hydrogens (tertiary/aromatic N) is 3. The second-order valence-electron chi connectivity index (χ2n) is 3.32. The van der Waals surface area contributed by atoms with E-state index in [0.29, 0.717) is 11.5 Å². The molecule has 0 amide bonds. The minimum atomic E-state index is -0.158. The molecule has 1 heterocycles. The molecule has 76 valence electrons. The Kier molecular flexibility index (Phi) is 2.33. The molecule has 0 N–H and O–H groups in total. The number of rotatable bonds is 1. The first-order valence-electron chi connectivity index (χ1n) is 4.66. The first kappa shape index (κ1) is 9.58. The molecule has 0 aliphatic heterocycles. The van der Waals surface area contributed by atoms with E-state index in [-0.39, 0.29) is 5.56 Å². The van der Waals surface area contributed by atoms with E-state index in [2.05, 4.69) is 10.1 Å². The van der Waals surface area contributed by atoms with Gasteiger partial charge in [0, 0.05) is 12.6 Å². The van der Waals surface area contributed by atoms with E-state index in [1.54, 1.807) is 14.0 Å². The molecule has 0 aliphatic carbocycles. The average Bonchev–Trinajstić information content (AvgIpc) is 2.26. The highest BCUT2D eigenvalue weighted by Gasteiger charge is 2.05. The van der Waals surface area contributed by atoms with Gasteiger partial charge in [0.15, 0.2) is 5.82 Å². The molecule has 4 nitrogen and oxygen atoms in total. The van der Waals surface area contributed by atoms with Gasteiger partial charge in [-0.2, -0.15) is 0 Å². The van der Waals surface area contributed by atoms with Crippen LogP contribution in [0, 0.1) is 6.92 Å². The smallest absolute Gasteiger partial charge is 0.266 e. The van der Waals surface area contributed by atoms with Gasteiger partial charge in [0.1, 0.15) is 5.69 Å². The molecule has 0 aliphatic rings. The fraction of sp³-hybridized carbons (Fsp3) is 0.182. The molecule has 1 aromatic carbocycles. The summed E-state index contributed by atoms with van der Waals surface area (Å²) in [5.74, 6) is 0.579. The number of aromatic nitrogens is 3. The molecule has 0 saturated carbocycles. The third-order valence-corrected chi connectivity index (χ3v) is 2.15. The Morgan fingerprint density at radius 3 is 2.47 bits per heavy atom. The molecule has 2 aromatic rings. The predicted octanol–water partition coefficient (Wildman–Crippen LogP) is 1.15. The van der Waals surface area contributed by atoms with Gasteiger partial charge in [-0.1, -0.05) is 30.3 Å². The van der Waals surface area contributed by atoms with Gasteiger partial charge < -0.3 is 0 Å². The van der Waals surface area contributed by atoms with Gasteiger partial charge in [-0.05, 0) is 6.92 Å². The molecule has 0 fully saturated rings. The van der Waals surface area contributed by atoms with Crippen molar-refractivity contribution < 1.29 is 0 Å². The predicted molar refractivity (Wildman–Crippen MR) is 57.4 cm³/mol. The van der Waals surface area contributed by atoms with E-state index in [1.165, 1.54) is 4.68 Å². The van der Waals surface area contributed by atoms with Crippen LogP contribution in [0.15, 0.2) is 35.1 Å². The van der Waals surface area contributed by atoms with E-state index in [4.69, 9.17) is 0 Å². The Hall–Kier alpha value is -1.97. The summed E-state index contributed by atoms with van der Waals surface area (Å²) in [6, 6.07) is 9.59. The molecule has 0 bridgehead atoms. The van der Waals surface area contributed by atoms with Crippen LogP contribution in [-0.2, 0) is 7.05 Å². The summed E-state index contributed by atoms with van der Waals surface area (Å²) >= 11 is 0. The quantitative estimate of drug-likeness (QED) is 0.695. The van der Waals surface area contributed by atoms with Crippen molar-refractivity contribution in [2.75, 3.05) is 0 Å². The third-order valence-electron chi connectivity index (χ3n) is 2.15. The van der Waals surface area contributed by atoms with Crippen LogP contribution in [0.1, 0.15) is 5.69 Å². The van der Waals surface area contributed by atoms with Crippen LogP contribution < -0.4 is 5.56 Å². The zero-order valence-electron chi connectivity index (χ0n) is 8.64. The highest BCUT2D eigenvalue weighted by molar-refractivity contribution is 5.53. The van der Waals surface area contributed by atoms with Gasteiger partial charge in [0.2, 0.25) is 0 Å². The van der Waals surface area contributed by atoms with Gasteiger partial charge >= 0.3 is 0 Å². The monoisotopic (exact) mass is 201 g/mol. The van der Waals surface area contributed by atoms with Crippen molar-refractivity contribution in [3.8, 4) is 11.4 Å². The molecule has 2 rings (SSSR count). The Morgan fingerprint density at radius 1 is 1.20 bits per heavy atom. The molecule has 15 heavy (non-hydrogen) atoms. The largest absolute Gasteiger partial charge is 0.287 e. The Balaban J connectivity index is 2.61. The van der Waals surface area contributed by atoms with Crippen LogP contribution in [0.5, 0.6) is 0 Å². The minimum absolute atomic E-state index is 0.158. The molecule has 0 spiro atoms.